The Morgan fingerprint density at radius 2 is 1.74 bits per heavy atom. The van der Waals surface area contributed by atoms with Gasteiger partial charge >= 0.3 is 11.9 Å². The van der Waals surface area contributed by atoms with Gasteiger partial charge < -0.3 is 24.3 Å². The van der Waals surface area contributed by atoms with Gasteiger partial charge in [-0.25, -0.2) is 4.39 Å². The van der Waals surface area contributed by atoms with Crippen molar-refractivity contribution in [3.8, 4) is 0 Å². The van der Waals surface area contributed by atoms with Gasteiger partial charge in [-0.2, -0.15) is 0 Å². The molecule has 42 heavy (non-hydrogen) atoms. The van der Waals surface area contributed by atoms with Crippen molar-refractivity contribution < 1.29 is 28.2 Å². The number of piperazine rings is 1. The summed E-state index contributed by atoms with van der Waals surface area (Å²) in [6.45, 7) is 10.6. The molecule has 0 bridgehead atoms. The van der Waals surface area contributed by atoms with Crippen LogP contribution in [0.4, 0.5) is 10.1 Å². The molecule has 5 rings (SSSR count). The summed E-state index contributed by atoms with van der Waals surface area (Å²) in [6.07, 6.45) is 2.48. The molecule has 224 valence electrons. The number of nitrogens with one attached hydrogen (secondary N) is 1. The number of hydrogen-bond donors (Lipinski definition) is 1. The van der Waals surface area contributed by atoms with Crippen LogP contribution in [0.3, 0.4) is 0 Å². The Labute approximate surface area is 245 Å². The maximum absolute atomic E-state index is 13.8. The van der Waals surface area contributed by atoms with Gasteiger partial charge in [0.15, 0.2) is 0 Å². The van der Waals surface area contributed by atoms with E-state index in [1.54, 1.807) is 6.07 Å². The van der Waals surface area contributed by atoms with Crippen LogP contribution in [0.15, 0.2) is 30.3 Å². The largest absolute Gasteiger partial charge is 0.428 e. The molecule has 9 nitrogen and oxygen atoms in total. The molecule has 0 spiro atoms. The van der Waals surface area contributed by atoms with E-state index in [0.29, 0.717) is 44.2 Å². The molecule has 2 heterocycles. The molecule has 0 atom stereocenters. The predicted molar refractivity (Wildman–Crippen MR) is 158 cm³/mol. The highest BCUT2D eigenvalue weighted by atomic mass is 19.1. The van der Waals surface area contributed by atoms with E-state index in [1.165, 1.54) is 43.2 Å². The molecule has 2 aliphatic rings. The molecule has 1 saturated carbocycles. The molecular weight excluding hydrogens is 539 g/mol. The van der Waals surface area contributed by atoms with Gasteiger partial charge in [0.1, 0.15) is 5.82 Å². The van der Waals surface area contributed by atoms with Crippen molar-refractivity contribution in [1.29, 1.82) is 0 Å². The van der Waals surface area contributed by atoms with Crippen LogP contribution >= 0.6 is 0 Å². The van der Waals surface area contributed by atoms with Gasteiger partial charge in [-0.1, -0.05) is 6.07 Å². The van der Waals surface area contributed by atoms with Gasteiger partial charge in [0.05, 0.1) is 17.7 Å². The average Bonchev–Trinajstić information content (AvgIpc) is 3.74. The normalized spacial score (nSPS) is 15.6. The number of halogens is 1. The minimum absolute atomic E-state index is 0.0537. The SMILES string of the molecule is CC(=O)OCOC(=O)CN1CCN(C(=O)c2cc(NCc3ccc(F)cc3C)c3c(c2)c(C)c(C)n3CC2CC2)CC1. The summed E-state index contributed by atoms with van der Waals surface area (Å²) in [5.74, 6) is -0.615. The number of esters is 2. The van der Waals surface area contributed by atoms with Crippen molar-refractivity contribution in [2.75, 3.05) is 44.8 Å². The number of anilines is 1. The van der Waals surface area contributed by atoms with Crippen LogP contribution < -0.4 is 5.32 Å². The first-order valence-electron chi connectivity index (χ1n) is 14.5. The molecule has 1 aliphatic carbocycles. The van der Waals surface area contributed by atoms with Gasteiger partial charge in [0, 0.05) is 62.8 Å². The zero-order chi connectivity index (χ0) is 30.0. The van der Waals surface area contributed by atoms with E-state index in [1.807, 2.05) is 28.9 Å². The number of ether oxygens (including phenoxy) is 2. The molecule has 10 heteroatoms. The third-order valence-corrected chi connectivity index (χ3v) is 8.38. The van der Waals surface area contributed by atoms with Gasteiger partial charge in [-0.3, -0.25) is 19.3 Å². The van der Waals surface area contributed by atoms with Crippen LogP contribution in [-0.2, 0) is 32.2 Å². The molecule has 1 saturated heterocycles. The molecule has 0 radical (unpaired) electrons. The van der Waals surface area contributed by atoms with Gasteiger partial charge in [-0.05, 0) is 80.5 Å². The fraction of sp³-hybridized carbons (Fsp3) is 0.469. The van der Waals surface area contributed by atoms with Gasteiger partial charge in [0.2, 0.25) is 6.79 Å². The molecule has 1 aliphatic heterocycles. The van der Waals surface area contributed by atoms with E-state index in [4.69, 9.17) is 4.74 Å². The average molecular weight is 579 g/mol. The summed E-state index contributed by atoms with van der Waals surface area (Å²) in [6, 6.07) is 8.77. The molecule has 2 fully saturated rings. The third-order valence-electron chi connectivity index (χ3n) is 8.38. The van der Waals surface area contributed by atoms with Crippen molar-refractivity contribution >= 4 is 34.4 Å². The molecule has 1 aromatic heterocycles. The highest BCUT2D eigenvalue weighted by Crippen LogP contribution is 2.38. The number of benzene rings is 2. The van der Waals surface area contributed by atoms with Crippen LogP contribution in [0.2, 0.25) is 0 Å². The Hall–Kier alpha value is -3.92. The standard InChI is InChI=1S/C32H39FN4O5/c1-20-13-27(33)8-7-25(20)16-34-29-15-26(14-28-21(2)22(3)37(31(28)29)17-24-5-6-24)32(40)36-11-9-35(10-12-36)18-30(39)42-19-41-23(4)38/h7-8,13-15,24,34H,5-6,9-12,16-19H2,1-4H3. The van der Waals surface area contributed by atoms with E-state index >= 15 is 0 Å². The zero-order valence-electron chi connectivity index (χ0n) is 24.8. The molecule has 3 aromatic rings. The van der Waals surface area contributed by atoms with Crippen LogP contribution in [-0.4, -0.2) is 71.7 Å². The number of carbonyl (C=O) groups excluding carboxylic acids is 3. The van der Waals surface area contributed by atoms with Gasteiger partial charge in [-0.15, -0.1) is 0 Å². The number of nitrogens with zero attached hydrogens (tertiary/aromatic N) is 3. The number of fused-ring (bicyclic) bond motifs is 1. The maximum atomic E-state index is 13.8. The second-order valence-electron chi connectivity index (χ2n) is 11.4. The van der Waals surface area contributed by atoms with Crippen LogP contribution in [0.5, 0.6) is 0 Å². The van der Waals surface area contributed by atoms with E-state index in [0.717, 1.165) is 34.3 Å². The Morgan fingerprint density at radius 3 is 2.40 bits per heavy atom. The Kier molecular flexibility index (Phi) is 8.82. The molecule has 0 unspecified atom stereocenters. The lowest BCUT2D eigenvalue weighted by Gasteiger charge is -2.34. The van der Waals surface area contributed by atoms with E-state index in [-0.39, 0.29) is 18.3 Å². The molecule has 1 amide bonds. The van der Waals surface area contributed by atoms with Crippen molar-refractivity contribution in [2.45, 2.75) is 53.6 Å². The zero-order valence-corrected chi connectivity index (χ0v) is 24.8. The highest BCUT2D eigenvalue weighted by molar-refractivity contribution is 6.04. The summed E-state index contributed by atoms with van der Waals surface area (Å²) in [7, 11) is 0. The third kappa shape index (κ3) is 6.75. The number of rotatable bonds is 10. The summed E-state index contributed by atoms with van der Waals surface area (Å²) in [4.78, 5) is 40.4. The van der Waals surface area contributed by atoms with Crippen molar-refractivity contribution in [3.05, 3.63) is 64.1 Å². The van der Waals surface area contributed by atoms with Crippen LogP contribution in [0.25, 0.3) is 10.9 Å². The first-order chi connectivity index (χ1) is 20.1. The molecule has 2 aromatic carbocycles. The number of carbonyl (C=O) groups is 3. The van der Waals surface area contributed by atoms with Crippen molar-refractivity contribution in [1.82, 2.24) is 14.4 Å². The van der Waals surface area contributed by atoms with Crippen LogP contribution in [0.1, 0.15) is 52.5 Å². The topological polar surface area (TPSA) is 93.1 Å². The monoisotopic (exact) mass is 578 g/mol. The Morgan fingerprint density at radius 1 is 1.00 bits per heavy atom. The fourth-order valence-electron chi connectivity index (χ4n) is 5.57. The summed E-state index contributed by atoms with van der Waals surface area (Å²) >= 11 is 0. The molecule has 1 N–H and O–H groups in total. The summed E-state index contributed by atoms with van der Waals surface area (Å²) in [5, 5.41) is 4.65. The molecular formula is C32H39FN4O5. The minimum Gasteiger partial charge on any atom is -0.428 e. The number of aryl methyl sites for hydroxylation is 2. The highest BCUT2D eigenvalue weighted by Gasteiger charge is 2.28. The van der Waals surface area contributed by atoms with E-state index in [9.17, 15) is 18.8 Å². The first-order valence-corrected chi connectivity index (χ1v) is 14.5. The first kappa shape index (κ1) is 29.6. The second kappa shape index (κ2) is 12.5. The summed E-state index contributed by atoms with van der Waals surface area (Å²) < 4.78 is 25.7. The number of amides is 1. The van der Waals surface area contributed by atoms with E-state index < -0.39 is 18.7 Å². The van der Waals surface area contributed by atoms with Crippen molar-refractivity contribution in [2.24, 2.45) is 5.92 Å². The lowest BCUT2D eigenvalue weighted by atomic mass is 10.0. The van der Waals surface area contributed by atoms with Crippen molar-refractivity contribution in [3.63, 3.8) is 0 Å². The lowest BCUT2D eigenvalue weighted by molar-refractivity contribution is -0.166. The Balaban J connectivity index is 1.34. The smallest absolute Gasteiger partial charge is 0.323 e. The fourth-order valence-corrected chi connectivity index (χ4v) is 5.57. The summed E-state index contributed by atoms with van der Waals surface area (Å²) in [5.41, 5.74) is 6.85. The number of hydrogen-bond acceptors (Lipinski definition) is 7. The lowest BCUT2D eigenvalue weighted by Crippen LogP contribution is -2.50. The minimum atomic E-state index is -0.512. The maximum Gasteiger partial charge on any atom is 0.323 e. The Bertz CT molecular complexity index is 1500. The quantitative estimate of drug-likeness (QED) is 0.279. The van der Waals surface area contributed by atoms with E-state index in [2.05, 4.69) is 28.5 Å². The second-order valence-corrected chi connectivity index (χ2v) is 11.4. The number of aromatic nitrogens is 1. The van der Waals surface area contributed by atoms with Gasteiger partial charge in [0.25, 0.3) is 5.91 Å². The van der Waals surface area contributed by atoms with Crippen LogP contribution in [0, 0.1) is 32.5 Å². The predicted octanol–water partition coefficient (Wildman–Crippen LogP) is 4.55.